The van der Waals surface area contributed by atoms with Crippen LogP contribution in [0.1, 0.15) is 61.8 Å². The molecule has 6 nitrogen and oxygen atoms in total. The molecule has 0 aromatic heterocycles. The first kappa shape index (κ1) is 30.7. The first-order valence-electron chi connectivity index (χ1n) is 15.3. The van der Waals surface area contributed by atoms with Crippen LogP contribution in [0.4, 0.5) is 4.79 Å². The van der Waals surface area contributed by atoms with E-state index in [1.165, 1.54) is 27.5 Å². The van der Waals surface area contributed by atoms with E-state index in [-0.39, 0.29) is 12.0 Å². The molecule has 6 heteroatoms. The fraction of sp³-hybridized carbons (Fsp3) is 0.378. The molecule has 1 heterocycles. The lowest BCUT2D eigenvalue weighted by Crippen LogP contribution is -2.45. The second-order valence-corrected chi connectivity index (χ2v) is 12.3. The Labute approximate surface area is 255 Å². The normalized spacial score (nSPS) is 17.6. The van der Waals surface area contributed by atoms with Crippen LogP contribution < -0.4 is 0 Å². The van der Waals surface area contributed by atoms with Gasteiger partial charge >= 0.3 is 6.16 Å². The van der Waals surface area contributed by atoms with Crippen molar-refractivity contribution in [3.63, 3.8) is 0 Å². The molecule has 0 amide bonds. The van der Waals surface area contributed by atoms with Crippen molar-refractivity contribution in [2.24, 2.45) is 0 Å². The predicted octanol–water partition coefficient (Wildman–Crippen LogP) is 8.23. The van der Waals surface area contributed by atoms with Crippen LogP contribution in [-0.2, 0) is 38.7 Å². The molecule has 1 saturated heterocycles. The Balaban J connectivity index is 1.20. The van der Waals surface area contributed by atoms with E-state index < -0.39 is 11.8 Å². The number of rotatable bonds is 11. The molecule has 43 heavy (non-hydrogen) atoms. The Morgan fingerprint density at radius 2 is 1.53 bits per heavy atom. The van der Waals surface area contributed by atoms with Gasteiger partial charge in [-0.3, -0.25) is 0 Å². The molecule has 4 aromatic rings. The maximum atomic E-state index is 12.4. The van der Waals surface area contributed by atoms with Gasteiger partial charge in [0.1, 0.15) is 5.60 Å². The maximum absolute atomic E-state index is 12.4. The number of hydrogen-bond acceptors (Lipinski definition) is 6. The van der Waals surface area contributed by atoms with E-state index in [1.807, 2.05) is 39.0 Å². The molecule has 4 aromatic carbocycles. The second-order valence-electron chi connectivity index (χ2n) is 12.3. The first-order chi connectivity index (χ1) is 20.8. The molecule has 0 bridgehead atoms. The molecular formula is C37H43NO5. The van der Waals surface area contributed by atoms with Crippen molar-refractivity contribution in [3.05, 3.63) is 119 Å². The number of nitrogens with zero attached hydrogens (tertiary/aromatic N) is 1. The molecular weight excluding hydrogens is 538 g/mol. The van der Waals surface area contributed by atoms with Gasteiger partial charge < -0.3 is 19.0 Å². The SMILES string of the molecule is CC(C)(C)OC(=O)ON1CCC(c2ccc(CCCOCc3ccccc3)cc2)C(OCc2ccc3ccccc3c2)C1. The summed E-state index contributed by atoms with van der Waals surface area (Å²) >= 11 is 0. The van der Waals surface area contributed by atoms with E-state index in [4.69, 9.17) is 19.0 Å². The second kappa shape index (κ2) is 14.6. The fourth-order valence-corrected chi connectivity index (χ4v) is 5.50. The van der Waals surface area contributed by atoms with E-state index in [1.54, 1.807) is 5.06 Å². The van der Waals surface area contributed by atoms with Gasteiger partial charge in [0, 0.05) is 19.1 Å². The summed E-state index contributed by atoms with van der Waals surface area (Å²) < 4.78 is 17.8. The Morgan fingerprint density at radius 1 is 0.814 bits per heavy atom. The highest BCUT2D eigenvalue weighted by atomic mass is 16.8. The molecule has 1 aliphatic heterocycles. The minimum atomic E-state index is -0.684. The average Bonchev–Trinajstić information content (AvgIpc) is 3.00. The highest BCUT2D eigenvalue weighted by molar-refractivity contribution is 5.82. The number of ether oxygens (including phenoxy) is 3. The van der Waals surface area contributed by atoms with Crippen LogP contribution in [0.15, 0.2) is 97.1 Å². The number of piperidine rings is 1. The lowest BCUT2D eigenvalue weighted by Gasteiger charge is -2.37. The third-order valence-electron chi connectivity index (χ3n) is 7.67. The molecule has 0 N–H and O–H groups in total. The Bertz CT molecular complexity index is 1450. The van der Waals surface area contributed by atoms with Crippen LogP contribution in [-0.4, -0.2) is 42.6 Å². The fourth-order valence-electron chi connectivity index (χ4n) is 5.50. The molecule has 2 atom stereocenters. The summed E-state index contributed by atoms with van der Waals surface area (Å²) in [5.41, 5.74) is 4.24. The van der Waals surface area contributed by atoms with Crippen molar-refractivity contribution in [1.82, 2.24) is 5.06 Å². The molecule has 0 aliphatic carbocycles. The summed E-state index contributed by atoms with van der Waals surface area (Å²) in [6, 6.07) is 33.9. The lowest BCUT2D eigenvalue weighted by atomic mass is 9.87. The topological polar surface area (TPSA) is 57.2 Å². The van der Waals surface area contributed by atoms with Gasteiger partial charge in [-0.25, -0.2) is 4.79 Å². The van der Waals surface area contributed by atoms with E-state index in [0.717, 1.165) is 31.4 Å². The summed E-state index contributed by atoms with van der Waals surface area (Å²) in [6.45, 7) is 8.44. The molecule has 0 radical (unpaired) electrons. The third-order valence-corrected chi connectivity index (χ3v) is 7.67. The first-order valence-corrected chi connectivity index (χ1v) is 15.3. The van der Waals surface area contributed by atoms with Crippen LogP contribution in [0.5, 0.6) is 0 Å². The molecule has 0 spiro atoms. The van der Waals surface area contributed by atoms with Gasteiger partial charge in [0.15, 0.2) is 0 Å². The average molecular weight is 582 g/mol. The van der Waals surface area contributed by atoms with Crippen molar-refractivity contribution in [1.29, 1.82) is 0 Å². The third kappa shape index (κ3) is 9.39. The zero-order valence-corrected chi connectivity index (χ0v) is 25.5. The Kier molecular flexibility index (Phi) is 10.5. The van der Waals surface area contributed by atoms with Gasteiger partial charge in [0.25, 0.3) is 0 Å². The number of fused-ring (bicyclic) bond motifs is 1. The predicted molar refractivity (Wildman–Crippen MR) is 170 cm³/mol. The maximum Gasteiger partial charge on any atom is 0.528 e. The van der Waals surface area contributed by atoms with Crippen LogP contribution >= 0.6 is 0 Å². The van der Waals surface area contributed by atoms with Crippen LogP contribution in [0.25, 0.3) is 10.8 Å². The molecule has 226 valence electrons. The van der Waals surface area contributed by atoms with Crippen LogP contribution in [0, 0.1) is 0 Å². The standard InChI is InChI=1S/C37H43NO5/c1-37(2,3)42-36(39)43-38-22-21-34(35(25-38)41-27-30-17-18-31-13-7-8-14-33(31)24-30)32-19-15-28(16-20-32)12-9-23-40-26-29-10-5-4-6-11-29/h4-8,10-11,13-20,24,34-35H,9,12,21-23,25-27H2,1-3H3. The minimum Gasteiger partial charge on any atom is -0.427 e. The van der Waals surface area contributed by atoms with E-state index in [0.29, 0.717) is 26.3 Å². The van der Waals surface area contributed by atoms with E-state index >= 15 is 0 Å². The van der Waals surface area contributed by atoms with Gasteiger partial charge in [0.05, 0.1) is 25.9 Å². The Hall–Kier alpha value is -3.71. The summed E-state index contributed by atoms with van der Waals surface area (Å²) in [6.07, 6.45) is 1.91. The van der Waals surface area contributed by atoms with Crippen molar-refractivity contribution < 1.29 is 23.8 Å². The van der Waals surface area contributed by atoms with Gasteiger partial charge in [-0.15, -0.1) is 5.06 Å². The highest BCUT2D eigenvalue weighted by Gasteiger charge is 2.34. The van der Waals surface area contributed by atoms with Gasteiger partial charge in [0.2, 0.25) is 0 Å². The molecule has 2 unspecified atom stereocenters. The molecule has 1 fully saturated rings. The van der Waals surface area contributed by atoms with Crippen molar-refractivity contribution >= 4 is 16.9 Å². The summed E-state index contributed by atoms with van der Waals surface area (Å²) in [4.78, 5) is 18.0. The molecule has 1 aliphatic rings. The van der Waals surface area contributed by atoms with Crippen molar-refractivity contribution in [3.8, 4) is 0 Å². The zero-order valence-electron chi connectivity index (χ0n) is 25.5. The number of hydroxylamine groups is 2. The van der Waals surface area contributed by atoms with Gasteiger partial charge in [-0.05, 0) is 79.1 Å². The monoisotopic (exact) mass is 581 g/mol. The number of benzene rings is 4. The van der Waals surface area contributed by atoms with E-state index in [2.05, 4.69) is 78.9 Å². The number of carbonyl (C=O) groups excluding carboxylic acids is 1. The summed E-state index contributed by atoms with van der Waals surface area (Å²) in [5, 5.41) is 4.08. The van der Waals surface area contributed by atoms with Crippen molar-refractivity contribution in [2.75, 3.05) is 19.7 Å². The number of hydrogen-bond donors (Lipinski definition) is 0. The van der Waals surface area contributed by atoms with Crippen LogP contribution in [0.3, 0.4) is 0 Å². The van der Waals surface area contributed by atoms with Gasteiger partial charge in [-0.2, -0.15) is 0 Å². The molecule has 0 saturated carbocycles. The van der Waals surface area contributed by atoms with Gasteiger partial charge in [-0.1, -0.05) is 91.0 Å². The summed E-state index contributed by atoms with van der Waals surface area (Å²) in [7, 11) is 0. The Morgan fingerprint density at radius 3 is 2.30 bits per heavy atom. The molecule has 5 rings (SSSR count). The largest absolute Gasteiger partial charge is 0.528 e. The smallest absolute Gasteiger partial charge is 0.427 e. The zero-order chi connectivity index (χ0) is 30.1. The van der Waals surface area contributed by atoms with Crippen LogP contribution in [0.2, 0.25) is 0 Å². The van der Waals surface area contributed by atoms with Crippen molar-refractivity contribution in [2.45, 2.75) is 70.9 Å². The number of carbonyl (C=O) groups is 1. The summed E-state index contributed by atoms with van der Waals surface area (Å²) in [5.74, 6) is 0.183. The minimum absolute atomic E-state index is 0.153. The number of aryl methyl sites for hydroxylation is 1. The lowest BCUT2D eigenvalue weighted by molar-refractivity contribution is -0.179. The highest BCUT2D eigenvalue weighted by Crippen LogP contribution is 2.32. The quantitative estimate of drug-likeness (QED) is 0.131. The van der Waals surface area contributed by atoms with E-state index in [9.17, 15) is 4.79 Å².